The fourth-order valence-electron chi connectivity index (χ4n) is 2.24. The predicted octanol–water partition coefficient (Wildman–Crippen LogP) is 2.10. The van der Waals surface area contributed by atoms with Crippen LogP contribution in [0.15, 0.2) is 24.3 Å². The second kappa shape index (κ2) is 9.94. The summed E-state index contributed by atoms with van der Waals surface area (Å²) in [6.07, 6.45) is 0.762. The molecule has 0 aliphatic rings. The first-order valence-corrected chi connectivity index (χ1v) is 8.89. The maximum atomic E-state index is 11.7. The van der Waals surface area contributed by atoms with Crippen molar-refractivity contribution < 1.29 is 19.1 Å². The number of carbonyl (C=O) groups excluding carboxylic acids is 3. The van der Waals surface area contributed by atoms with E-state index >= 15 is 0 Å². The Bertz CT molecular complexity index is 616. The number of amides is 2. The summed E-state index contributed by atoms with van der Waals surface area (Å²) in [6.45, 7) is 9.60. The maximum absolute atomic E-state index is 11.7. The number of nitrogens with one attached hydrogen (secondary N) is 2. The minimum atomic E-state index is -0.494. The van der Waals surface area contributed by atoms with Crippen molar-refractivity contribution in [2.75, 3.05) is 13.2 Å². The van der Waals surface area contributed by atoms with E-state index in [2.05, 4.69) is 43.5 Å². The van der Waals surface area contributed by atoms with Crippen LogP contribution in [-0.2, 0) is 31.0 Å². The minimum absolute atomic E-state index is 0.00898. The van der Waals surface area contributed by atoms with E-state index in [-0.39, 0.29) is 36.9 Å². The van der Waals surface area contributed by atoms with Crippen LogP contribution in [0, 0.1) is 0 Å². The zero-order valence-electron chi connectivity index (χ0n) is 16.3. The molecule has 6 nitrogen and oxygen atoms in total. The Labute approximate surface area is 155 Å². The van der Waals surface area contributed by atoms with Crippen molar-refractivity contribution in [2.24, 2.45) is 0 Å². The molecule has 2 N–H and O–H groups in total. The van der Waals surface area contributed by atoms with Gasteiger partial charge >= 0.3 is 5.97 Å². The summed E-state index contributed by atoms with van der Waals surface area (Å²) in [4.78, 5) is 34.7. The molecule has 0 heterocycles. The van der Waals surface area contributed by atoms with Crippen LogP contribution in [-0.4, -0.2) is 37.0 Å². The third-order valence-electron chi connectivity index (χ3n) is 3.70. The van der Waals surface area contributed by atoms with E-state index in [4.69, 9.17) is 4.74 Å². The number of carbonyl (C=O) groups is 3. The molecule has 26 heavy (non-hydrogen) atoms. The Kier molecular flexibility index (Phi) is 8.29. The minimum Gasteiger partial charge on any atom is -0.456 e. The molecule has 1 rings (SSSR count). The molecule has 0 spiro atoms. The fraction of sp³-hybridized carbons (Fsp3) is 0.550. The average molecular weight is 362 g/mol. The molecule has 2 amide bonds. The van der Waals surface area contributed by atoms with E-state index in [0.29, 0.717) is 6.42 Å². The van der Waals surface area contributed by atoms with Gasteiger partial charge in [0.2, 0.25) is 5.91 Å². The van der Waals surface area contributed by atoms with Gasteiger partial charge in [0.15, 0.2) is 6.61 Å². The number of aryl methyl sites for hydroxylation is 1. The summed E-state index contributed by atoms with van der Waals surface area (Å²) < 4.78 is 4.93. The van der Waals surface area contributed by atoms with E-state index in [1.54, 1.807) is 0 Å². The topological polar surface area (TPSA) is 84.5 Å². The molecule has 0 bridgehead atoms. The summed E-state index contributed by atoms with van der Waals surface area (Å²) in [5.74, 6) is -1.21. The van der Waals surface area contributed by atoms with Crippen molar-refractivity contribution in [3.63, 3.8) is 0 Å². The highest BCUT2D eigenvalue weighted by Crippen LogP contribution is 2.22. The highest BCUT2D eigenvalue weighted by Gasteiger charge is 2.13. The summed E-state index contributed by atoms with van der Waals surface area (Å²) in [6, 6.07) is 8.16. The third kappa shape index (κ3) is 8.65. The number of esters is 1. The van der Waals surface area contributed by atoms with Gasteiger partial charge in [-0.3, -0.25) is 14.4 Å². The van der Waals surface area contributed by atoms with E-state index in [1.165, 1.54) is 5.56 Å². The molecule has 0 saturated carbocycles. The van der Waals surface area contributed by atoms with Gasteiger partial charge in [0.25, 0.3) is 5.91 Å². The molecule has 0 unspecified atom stereocenters. The first-order chi connectivity index (χ1) is 12.1. The number of benzene rings is 1. The van der Waals surface area contributed by atoms with Crippen molar-refractivity contribution in [2.45, 2.75) is 58.9 Å². The molecule has 1 aromatic carbocycles. The van der Waals surface area contributed by atoms with Crippen molar-refractivity contribution in [1.82, 2.24) is 10.6 Å². The van der Waals surface area contributed by atoms with Gasteiger partial charge in [-0.1, -0.05) is 45.0 Å². The highest BCUT2D eigenvalue weighted by atomic mass is 16.5. The number of hydrogen-bond donors (Lipinski definition) is 2. The summed E-state index contributed by atoms with van der Waals surface area (Å²) in [5, 5.41) is 5.06. The van der Waals surface area contributed by atoms with E-state index in [9.17, 15) is 14.4 Å². The third-order valence-corrected chi connectivity index (χ3v) is 3.70. The normalized spacial score (nSPS) is 11.2. The van der Waals surface area contributed by atoms with Gasteiger partial charge in [-0.25, -0.2) is 0 Å². The van der Waals surface area contributed by atoms with Crippen LogP contribution < -0.4 is 10.6 Å². The van der Waals surface area contributed by atoms with E-state index in [1.807, 2.05) is 26.0 Å². The average Bonchev–Trinajstić information content (AvgIpc) is 2.55. The highest BCUT2D eigenvalue weighted by molar-refractivity contribution is 5.86. The van der Waals surface area contributed by atoms with Crippen LogP contribution in [0.3, 0.4) is 0 Å². The molecule has 0 saturated heterocycles. The van der Waals surface area contributed by atoms with Crippen molar-refractivity contribution in [1.29, 1.82) is 0 Å². The number of rotatable bonds is 8. The molecule has 6 heteroatoms. The van der Waals surface area contributed by atoms with E-state index in [0.717, 1.165) is 5.56 Å². The van der Waals surface area contributed by atoms with Gasteiger partial charge in [0.1, 0.15) is 0 Å². The standard InChI is InChI=1S/C20H30N2O4/c1-14(2)22-17(23)12-21-18(24)13-26-19(25)11-8-15-6-9-16(10-7-15)20(3,4)5/h6-7,9-10,14H,8,11-13H2,1-5H3,(H,21,24)(H,22,23). The lowest BCUT2D eigenvalue weighted by Crippen LogP contribution is -2.41. The van der Waals surface area contributed by atoms with Gasteiger partial charge < -0.3 is 15.4 Å². The monoisotopic (exact) mass is 362 g/mol. The molecule has 0 fully saturated rings. The molecular formula is C20H30N2O4. The quantitative estimate of drug-likeness (QED) is 0.694. The molecule has 144 valence electrons. The van der Waals surface area contributed by atoms with Crippen molar-refractivity contribution >= 4 is 17.8 Å². The smallest absolute Gasteiger partial charge is 0.306 e. The van der Waals surface area contributed by atoms with Gasteiger partial charge in [0, 0.05) is 12.5 Å². The van der Waals surface area contributed by atoms with E-state index < -0.39 is 11.9 Å². The van der Waals surface area contributed by atoms with Crippen molar-refractivity contribution in [3.8, 4) is 0 Å². The van der Waals surface area contributed by atoms with Gasteiger partial charge in [-0.15, -0.1) is 0 Å². The predicted molar refractivity (Wildman–Crippen MR) is 101 cm³/mol. The Morgan fingerprint density at radius 3 is 2.19 bits per heavy atom. The Balaban J connectivity index is 2.28. The zero-order chi connectivity index (χ0) is 19.7. The Morgan fingerprint density at radius 2 is 1.65 bits per heavy atom. The summed E-state index contributed by atoms with van der Waals surface area (Å²) in [7, 11) is 0. The van der Waals surface area contributed by atoms with Crippen LogP contribution in [0.1, 0.15) is 52.2 Å². The maximum Gasteiger partial charge on any atom is 0.306 e. The van der Waals surface area contributed by atoms with Gasteiger partial charge in [-0.05, 0) is 36.8 Å². The summed E-state index contributed by atoms with van der Waals surface area (Å²) in [5.41, 5.74) is 2.38. The summed E-state index contributed by atoms with van der Waals surface area (Å²) >= 11 is 0. The van der Waals surface area contributed by atoms with Crippen LogP contribution in [0.5, 0.6) is 0 Å². The number of ether oxygens (including phenoxy) is 1. The molecule has 0 atom stereocenters. The Hall–Kier alpha value is -2.37. The number of hydrogen-bond acceptors (Lipinski definition) is 4. The molecule has 0 aromatic heterocycles. The van der Waals surface area contributed by atoms with Gasteiger partial charge in [0.05, 0.1) is 6.54 Å². The molecule has 0 aliphatic carbocycles. The first kappa shape index (κ1) is 21.7. The SMILES string of the molecule is CC(C)NC(=O)CNC(=O)COC(=O)CCc1ccc(C(C)(C)C)cc1. The van der Waals surface area contributed by atoms with Crippen LogP contribution in [0.4, 0.5) is 0 Å². The lowest BCUT2D eigenvalue weighted by Gasteiger charge is -2.19. The molecule has 0 radical (unpaired) electrons. The first-order valence-electron chi connectivity index (χ1n) is 8.89. The van der Waals surface area contributed by atoms with Crippen LogP contribution in [0.2, 0.25) is 0 Å². The second-order valence-electron chi connectivity index (χ2n) is 7.61. The molecular weight excluding hydrogens is 332 g/mol. The lowest BCUT2D eigenvalue weighted by molar-refractivity contribution is -0.148. The molecule has 1 aromatic rings. The largest absolute Gasteiger partial charge is 0.456 e. The van der Waals surface area contributed by atoms with Crippen LogP contribution in [0.25, 0.3) is 0 Å². The Morgan fingerprint density at radius 1 is 1.04 bits per heavy atom. The van der Waals surface area contributed by atoms with Crippen molar-refractivity contribution in [3.05, 3.63) is 35.4 Å². The second-order valence-corrected chi connectivity index (χ2v) is 7.61. The molecule has 0 aliphatic heterocycles. The zero-order valence-corrected chi connectivity index (χ0v) is 16.3. The van der Waals surface area contributed by atoms with Crippen LogP contribution >= 0.6 is 0 Å². The van der Waals surface area contributed by atoms with Gasteiger partial charge in [-0.2, -0.15) is 0 Å². The fourth-order valence-corrected chi connectivity index (χ4v) is 2.24. The lowest BCUT2D eigenvalue weighted by atomic mass is 9.86.